The lowest BCUT2D eigenvalue weighted by Gasteiger charge is -2.35. The van der Waals surface area contributed by atoms with Crippen LogP contribution in [0.15, 0.2) is 12.0 Å². The molecule has 0 unspecified atom stereocenters. The highest BCUT2D eigenvalue weighted by Crippen LogP contribution is 2.47. The highest BCUT2D eigenvalue weighted by atomic mass is 19.4. The zero-order chi connectivity index (χ0) is 9.57. The van der Waals surface area contributed by atoms with E-state index in [4.69, 9.17) is 0 Å². The van der Waals surface area contributed by atoms with Gasteiger partial charge in [-0.25, -0.2) is 0 Å². The normalized spacial score (nSPS) is 28.7. The van der Waals surface area contributed by atoms with Crippen molar-refractivity contribution in [2.45, 2.75) is 12.2 Å². The second-order valence-electron chi connectivity index (χ2n) is 1.79. The van der Waals surface area contributed by atoms with Gasteiger partial charge < -0.3 is 9.47 Å². The number of alkyl halides is 4. The van der Waals surface area contributed by atoms with E-state index in [2.05, 4.69) is 9.47 Å². The largest absolute Gasteiger partial charge is 0.514 e. The molecule has 1 fully saturated rings. The van der Waals surface area contributed by atoms with Gasteiger partial charge in [-0.3, -0.25) is 0 Å². The summed E-state index contributed by atoms with van der Waals surface area (Å²) in [7, 11) is 0. The molecular weight excluding hydrogens is 194 g/mol. The van der Waals surface area contributed by atoms with Gasteiger partial charge in [-0.1, -0.05) is 0 Å². The molecule has 0 N–H and O–H groups in total. The second-order valence-corrected chi connectivity index (χ2v) is 1.79. The summed E-state index contributed by atoms with van der Waals surface area (Å²) in [5.74, 6) is -1.74. The van der Waals surface area contributed by atoms with Crippen molar-refractivity contribution in [1.29, 1.82) is 0 Å². The highest BCUT2D eigenvalue weighted by molar-refractivity contribution is 4.95. The van der Waals surface area contributed by atoms with Gasteiger partial charge >= 0.3 is 24.2 Å². The molecule has 1 rings (SSSR count). The average molecular weight is 194 g/mol. The van der Waals surface area contributed by atoms with E-state index in [9.17, 15) is 26.3 Å². The standard InChI is InChI=1S/C4F6O2/c5-1(6)2-11-4(10,12-2)3(7,8)9. The van der Waals surface area contributed by atoms with Crippen LogP contribution in [0.5, 0.6) is 0 Å². The monoisotopic (exact) mass is 194 g/mol. The topological polar surface area (TPSA) is 18.5 Å². The van der Waals surface area contributed by atoms with Gasteiger partial charge in [0.05, 0.1) is 0 Å². The van der Waals surface area contributed by atoms with Crippen LogP contribution in [0.25, 0.3) is 0 Å². The number of hydrogen-bond acceptors (Lipinski definition) is 2. The summed E-state index contributed by atoms with van der Waals surface area (Å²) in [6.07, 6.45) is -8.13. The maximum absolute atomic E-state index is 12.1. The first-order valence-corrected chi connectivity index (χ1v) is 2.45. The molecule has 0 aromatic heterocycles. The lowest BCUT2D eigenvalue weighted by molar-refractivity contribution is -0.500. The van der Waals surface area contributed by atoms with E-state index in [1.54, 1.807) is 0 Å². The number of hydrogen-bond donors (Lipinski definition) is 0. The van der Waals surface area contributed by atoms with E-state index in [1.807, 2.05) is 0 Å². The Hall–Kier alpha value is -1.08. The van der Waals surface area contributed by atoms with Crippen molar-refractivity contribution >= 4 is 0 Å². The van der Waals surface area contributed by atoms with Gasteiger partial charge in [0.25, 0.3) is 0 Å². The Morgan fingerprint density at radius 3 is 1.83 bits per heavy atom. The van der Waals surface area contributed by atoms with Crippen LogP contribution in [0.4, 0.5) is 26.3 Å². The molecule has 0 aliphatic carbocycles. The quantitative estimate of drug-likeness (QED) is 0.550. The predicted molar refractivity (Wildman–Crippen MR) is 21.3 cm³/mol. The first kappa shape index (κ1) is 9.01. The van der Waals surface area contributed by atoms with Crippen molar-refractivity contribution in [3.05, 3.63) is 12.0 Å². The molecule has 0 aromatic carbocycles. The molecule has 1 aliphatic rings. The molecule has 12 heavy (non-hydrogen) atoms. The fourth-order valence-corrected chi connectivity index (χ4v) is 0.439. The van der Waals surface area contributed by atoms with Crippen LogP contribution < -0.4 is 0 Å². The van der Waals surface area contributed by atoms with E-state index < -0.39 is 24.2 Å². The summed E-state index contributed by atoms with van der Waals surface area (Å²) < 4.78 is 75.1. The maximum atomic E-state index is 12.1. The molecule has 1 heterocycles. The average Bonchev–Trinajstić information content (AvgIpc) is 1.77. The minimum atomic E-state index is -5.48. The zero-order valence-corrected chi connectivity index (χ0v) is 5.08. The summed E-state index contributed by atoms with van der Waals surface area (Å²) in [6, 6.07) is -4.42. The smallest absolute Gasteiger partial charge is 0.383 e. The molecule has 0 spiro atoms. The molecule has 0 bridgehead atoms. The Labute approximate surface area is 61.4 Å². The van der Waals surface area contributed by atoms with Crippen molar-refractivity contribution < 1.29 is 35.8 Å². The highest BCUT2D eigenvalue weighted by Gasteiger charge is 2.70. The third-order valence-corrected chi connectivity index (χ3v) is 0.941. The van der Waals surface area contributed by atoms with Crippen LogP contribution in [-0.2, 0) is 9.47 Å². The molecule has 0 saturated carbocycles. The van der Waals surface area contributed by atoms with Crippen molar-refractivity contribution in [2.75, 3.05) is 0 Å². The minimum Gasteiger partial charge on any atom is -0.383 e. The number of halogens is 6. The van der Waals surface area contributed by atoms with Gasteiger partial charge in [0, 0.05) is 0 Å². The molecular formula is C4F6O2. The van der Waals surface area contributed by atoms with Gasteiger partial charge in [-0.2, -0.15) is 22.0 Å². The van der Waals surface area contributed by atoms with Crippen LogP contribution in [0.1, 0.15) is 0 Å². The predicted octanol–water partition coefficient (Wildman–Crippen LogP) is 2.28. The molecule has 1 saturated heterocycles. The van der Waals surface area contributed by atoms with Gasteiger partial charge in [0.15, 0.2) is 0 Å². The zero-order valence-electron chi connectivity index (χ0n) is 5.08. The molecule has 8 heteroatoms. The van der Waals surface area contributed by atoms with Crippen molar-refractivity contribution in [3.8, 4) is 0 Å². The summed E-state index contributed by atoms with van der Waals surface area (Å²) in [5.41, 5.74) is 0. The summed E-state index contributed by atoms with van der Waals surface area (Å²) in [5, 5.41) is 0. The Morgan fingerprint density at radius 2 is 1.58 bits per heavy atom. The number of ether oxygens (including phenoxy) is 2. The third-order valence-electron chi connectivity index (χ3n) is 0.941. The number of rotatable bonds is 0. The Kier molecular flexibility index (Phi) is 1.66. The summed E-state index contributed by atoms with van der Waals surface area (Å²) >= 11 is 0. The van der Waals surface area contributed by atoms with Gasteiger partial charge in [0.2, 0.25) is 0 Å². The third kappa shape index (κ3) is 1.16. The van der Waals surface area contributed by atoms with E-state index in [-0.39, 0.29) is 0 Å². The summed E-state index contributed by atoms with van der Waals surface area (Å²) in [4.78, 5) is 0. The minimum absolute atomic E-state index is 1.74. The second kappa shape index (κ2) is 2.20. The van der Waals surface area contributed by atoms with Crippen LogP contribution >= 0.6 is 0 Å². The first-order valence-electron chi connectivity index (χ1n) is 2.45. The van der Waals surface area contributed by atoms with E-state index in [0.717, 1.165) is 0 Å². The van der Waals surface area contributed by atoms with Crippen molar-refractivity contribution in [3.63, 3.8) is 0 Å². The van der Waals surface area contributed by atoms with Gasteiger partial charge in [-0.15, -0.1) is 4.39 Å². The molecule has 1 aliphatic heterocycles. The SMILES string of the molecule is FC(F)=C1OC(F)(C(F)(F)F)O1. The lowest BCUT2D eigenvalue weighted by atomic mass is 10.5. The maximum Gasteiger partial charge on any atom is 0.514 e. The van der Waals surface area contributed by atoms with Gasteiger partial charge in [-0.05, 0) is 0 Å². The van der Waals surface area contributed by atoms with Crippen molar-refractivity contribution in [2.24, 2.45) is 0 Å². The van der Waals surface area contributed by atoms with E-state index in [0.29, 0.717) is 0 Å². The Bertz CT molecular complexity index is 218. The van der Waals surface area contributed by atoms with E-state index >= 15 is 0 Å². The van der Waals surface area contributed by atoms with Crippen LogP contribution in [-0.4, -0.2) is 12.2 Å². The van der Waals surface area contributed by atoms with Crippen molar-refractivity contribution in [1.82, 2.24) is 0 Å². The van der Waals surface area contributed by atoms with Crippen LogP contribution in [0.3, 0.4) is 0 Å². The van der Waals surface area contributed by atoms with Crippen LogP contribution in [0.2, 0.25) is 0 Å². The molecule has 70 valence electrons. The molecule has 2 nitrogen and oxygen atoms in total. The summed E-state index contributed by atoms with van der Waals surface area (Å²) in [6.45, 7) is 0. The van der Waals surface area contributed by atoms with Crippen LogP contribution in [0, 0.1) is 0 Å². The fraction of sp³-hybridized carbons (Fsp3) is 0.500. The van der Waals surface area contributed by atoms with E-state index in [1.165, 1.54) is 0 Å². The molecule has 0 atom stereocenters. The molecule has 0 amide bonds. The Balaban J connectivity index is 2.69. The Morgan fingerprint density at radius 1 is 1.17 bits per heavy atom. The molecule has 0 aromatic rings. The lowest BCUT2D eigenvalue weighted by Crippen LogP contribution is -2.53. The fourth-order valence-electron chi connectivity index (χ4n) is 0.439. The molecule has 0 radical (unpaired) electrons. The van der Waals surface area contributed by atoms with Gasteiger partial charge in [0.1, 0.15) is 0 Å². The first-order chi connectivity index (χ1) is 5.26.